The highest BCUT2D eigenvalue weighted by atomic mass is 35.5. The summed E-state index contributed by atoms with van der Waals surface area (Å²) < 4.78 is 5.85. The van der Waals surface area contributed by atoms with Crippen LogP contribution in [0.15, 0.2) is 34.7 Å². The summed E-state index contributed by atoms with van der Waals surface area (Å²) in [6.45, 7) is 4.20. The summed E-state index contributed by atoms with van der Waals surface area (Å²) >= 11 is 0. The third-order valence-corrected chi connectivity index (χ3v) is 4.40. The van der Waals surface area contributed by atoms with Crippen LogP contribution in [0.3, 0.4) is 0 Å². The highest BCUT2D eigenvalue weighted by molar-refractivity contribution is 5.85. The molecule has 0 radical (unpaired) electrons. The molecular formula is C18H25Cl2N3O2. The maximum absolute atomic E-state index is 12.3. The molecule has 1 atom stereocenters. The van der Waals surface area contributed by atoms with Crippen molar-refractivity contribution in [3.05, 3.63) is 41.9 Å². The summed E-state index contributed by atoms with van der Waals surface area (Å²) in [5.41, 5.74) is 7.55. The quantitative estimate of drug-likeness (QED) is 0.857. The number of likely N-dealkylation sites (tertiary alicyclic amines) is 1. The van der Waals surface area contributed by atoms with Gasteiger partial charge in [-0.3, -0.25) is 4.79 Å². The maximum atomic E-state index is 12.3. The summed E-state index contributed by atoms with van der Waals surface area (Å²) in [5, 5.41) is 0. The Morgan fingerprint density at radius 3 is 2.68 bits per heavy atom. The second kappa shape index (κ2) is 9.80. The molecule has 2 N–H and O–H groups in total. The van der Waals surface area contributed by atoms with E-state index in [4.69, 9.17) is 10.2 Å². The van der Waals surface area contributed by atoms with Crippen molar-refractivity contribution in [3.63, 3.8) is 0 Å². The first-order valence-electron chi connectivity index (χ1n) is 8.17. The number of amides is 1. The van der Waals surface area contributed by atoms with Crippen LogP contribution in [-0.2, 0) is 11.2 Å². The number of oxazole rings is 1. The molecule has 2 heterocycles. The van der Waals surface area contributed by atoms with Crippen LogP contribution in [0.25, 0.3) is 11.3 Å². The number of carbonyl (C=O) groups excluding carboxylic acids is 1. The first-order chi connectivity index (χ1) is 11.2. The molecule has 0 spiro atoms. The molecule has 1 aliphatic heterocycles. The number of carbonyl (C=O) groups is 1. The lowest BCUT2D eigenvalue weighted by atomic mass is 10.1. The summed E-state index contributed by atoms with van der Waals surface area (Å²) in [7, 11) is 0. The Hall–Kier alpha value is -1.56. The lowest BCUT2D eigenvalue weighted by Gasteiger charge is -2.15. The molecule has 5 nitrogen and oxygen atoms in total. The SMILES string of the molecule is Cc1nc(CCC(=O)N2CCC(CN)C2)oc1-c1ccccc1.Cl.Cl. The van der Waals surface area contributed by atoms with Crippen LogP contribution < -0.4 is 5.73 Å². The largest absolute Gasteiger partial charge is 0.440 e. The lowest BCUT2D eigenvalue weighted by molar-refractivity contribution is -0.130. The number of hydrogen-bond donors (Lipinski definition) is 1. The molecular weight excluding hydrogens is 361 g/mol. The van der Waals surface area contributed by atoms with Crippen LogP contribution >= 0.6 is 24.8 Å². The zero-order valence-electron chi connectivity index (χ0n) is 14.3. The molecule has 1 aliphatic rings. The minimum Gasteiger partial charge on any atom is -0.440 e. The van der Waals surface area contributed by atoms with Gasteiger partial charge < -0.3 is 15.1 Å². The zero-order chi connectivity index (χ0) is 16.2. The first-order valence-corrected chi connectivity index (χ1v) is 8.17. The van der Waals surface area contributed by atoms with E-state index in [1.165, 1.54) is 0 Å². The molecule has 2 aromatic rings. The van der Waals surface area contributed by atoms with E-state index < -0.39 is 0 Å². The van der Waals surface area contributed by atoms with E-state index in [-0.39, 0.29) is 30.7 Å². The van der Waals surface area contributed by atoms with Gasteiger partial charge >= 0.3 is 0 Å². The van der Waals surface area contributed by atoms with Crippen molar-refractivity contribution >= 4 is 30.7 Å². The van der Waals surface area contributed by atoms with Gasteiger partial charge in [-0.25, -0.2) is 4.98 Å². The second-order valence-corrected chi connectivity index (χ2v) is 6.12. The van der Waals surface area contributed by atoms with Crippen LogP contribution in [-0.4, -0.2) is 35.4 Å². The highest BCUT2D eigenvalue weighted by Crippen LogP contribution is 2.25. The minimum atomic E-state index is 0. The van der Waals surface area contributed by atoms with E-state index in [1.807, 2.05) is 42.2 Å². The van der Waals surface area contributed by atoms with Crippen molar-refractivity contribution in [1.29, 1.82) is 0 Å². The molecule has 25 heavy (non-hydrogen) atoms. The van der Waals surface area contributed by atoms with Crippen molar-refractivity contribution < 1.29 is 9.21 Å². The van der Waals surface area contributed by atoms with E-state index in [0.717, 1.165) is 36.5 Å². The normalized spacial score (nSPS) is 16.2. The molecule has 1 unspecified atom stereocenters. The summed E-state index contributed by atoms with van der Waals surface area (Å²) in [4.78, 5) is 18.6. The second-order valence-electron chi connectivity index (χ2n) is 6.12. The van der Waals surface area contributed by atoms with Crippen molar-refractivity contribution in [1.82, 2.24) is 9.88 Å². The number of nitrogens with zero attached hydrogens (tertiary/aromatic N) is 2. The van der Waals surface area contributed by atoms with E-state index in [0.29, 0.717) is 31.2 Å². The smallest absolute Gasteiger partial charge is 0.223 e. The summed E-state index contributed by atoms with van der Waals surface area (Å²) in [6, 6.07) is 9.92. The topological polar surface area (TPSA) is 72.4 Å². The average molecular weight is 386 g/mol. The minimum absolute atomic E-state index is 0. The third-order valence-electron chi connectivity index (χ3n) is 4.40. The number of aromatic nitrogens is 1. The van der Waals surface area contributed by atoms with Gasteiger partial charge in [0.2, 0.25) is 5.91 Å². The number of aryl methyl sites for hydroxylation is 2. The molecule has 1 fully saturated rings. The predicted molar refractivity (Wildman–Crippen MR) is 103 cm³/mol. The van der Waals surface area contributed by atoms with Crippen LogP contribution in [0, 0.1) is 12.8 Å². The highest BCUT2D eigenvalue weighted by Gasteiger charge is 2.25. The van der Waals surface area contributed by atoms with Crippen LogP contribution in [0.5, 0.6) is 0 Å². The maximum Gasteiger partial charge on any atom is 0.223 e. The van der Waals surface area contributed by atoms with E-state index >= 15 is 0 Å². The fraction of sp³-hybridized carbons (Fsp3) is 0.444. The van der Waals surface area contributed by atoms with E-state index in [9.17, 15) is 4.79 Å². The van der Waals surface area contributed by atoms with Gasteiger partial charge in [-0.1, -0.05) is 30.3 Å². The molecule has 3 rings (SSSR count). The molecule has 1 aromatic carbocycles. The predicted octanol–water partition coefficient (Wildman–Crippen LogP) is 3.23. The van der Waals surface area contributed by atoms with Crippen molar-refractivity contribution in [2.75, 3.05) is 19.6 Å². The number of benzene rings is 1. The monoisotopic (exact) mass is 385 g/mol. The Balaban J connectivity index is 0.00000156. The molecule has 138 valence electrons. The average Bonchev–Trinajstić information content (AvgIpc) is 3.20. The van der Waals surface area contributed by atoms with Gasteiger partial charge in [0.25, 0.3) is 0 Å². The molecule has 7 heteroatoms. The molecule has 1 saturated heterocycles. The molecule has 0 aliphatic carbocycles. The number of nitrogens with two attached hydrogens (primary N) is 1. The van der Waals surface area contributed by atoms with Gasteiger partial charge in [-0.2, -0.15) is 0 Å². The van der Waals surface area contributed by atoms with Gasteiger partial charge in [0.1, 0.15) is 0 Å². The van der Waals surface area contributed by atoms with Gasteiger partial charge in [-0.15, -0.1) is 24.8 Å². The van der Waals surface area contributed by atoms with Gasteiger partial charge in [0, 0.05) is 31.5 Å². The van der Waals surface area contributed by atoms with E-state index in [1.54, 1.807) is 0 Å². The Kier molecular flexibility index (Phi) is 8.42. The van der Waals surface area contributed by atoms with Gasteiger partial charge in [0.15, 0.2) is 11.7 Å². The van der Waals surface area contributed by atoms with Crippen LogP contribution in [0.1, 0.15) is 24.4 Å². The standard InChI is InChI=1S/C18H23N3O2.2ClH/c1-13-18(15-5-3-2-4-6-15)23-16(20-13)7-8-17(22)21-10-9-14(11-19)12-21;;/h2-6,14H,7-12,19H2,1H3;2*1H. The van der Waals surface area contributed by atoms with Crippen molar-refractivity contribution in [3.8, 4) is 11.3 Å². The molecule has 0 saturated carbocycles. The Labute approximate surface area is 160 Å². The summed E-state index contributed by atoms with van der Waals surface area (Å²) in [5.74, 6) is 2.03. The third kappa shape index (κ3) is 5.21. The Morgan fingerprint density at radius 2 is 2.04 bits per heavy atom. The van der Waals surface area contributed by atoms with Crippen LogP contribution in [0.4, 0.5) is 0 Å². The zero-order valence-corrected chi connectivity index (χ0v) is 15.9. The lowest BCUT2D eigenvalue weighted by Crippen LogP contribution is -2.30. The van der Waals surface area contributed by atoms with Crippen molar-refractivity contribution in [2.24, 2.45) is 11.7 Å². The number of rotatable bonds is 5. The van der Waals surface area contributed by atoms with Gasteiger partial charge in [-0.05, 0) is 25.8 Å². The van der Waals surface area contributed by atoms with Crippen molar-refractivity contribution in [2.45, 2.75) is 26.2 Å². The Morgan fingerprint density at radius 1 is 1.32 bits per heavy atom. The van der Waals surface area contributed by atoms with Crippen LogP contribution in [0.2, 0.25) is 0 Å². The van der Waals surface area contributed by atoms with Gasteiger partial charge in [0.05, 0.1) is 5.69 Å². The fourth-order valence-electron chi connectivity index (χ4n) is 3.04. The summed E-state index contributed by atoms with van der Waals surface area (Å²) in [6.07, 6.45) is 1.99. The number of halogens is 2. The molecule has 1 aromatic heterocycles. The fourth-order valence-corrected chi connectivity index (χ4v) is 3.04. The Bertz CT molecular complexity index is 676. The molecule has 1 amide bonds. The first kappa shape index (κ1) is 21.5. The number of hydrogen-bond acceptors (Lipinski definition) is 4. The van der Waals surface area contributed by atoms with E-state index in [2.05, 4.69) is 4.98 Å². The molecule has 0 bridgehead atoms.